The van der Waals surface area contributed by atoms with Gasteiger partial charge in [0.1, 0.15) is 6.04 Å². The summed E-state index contributed by atoms with van der Waals surface area (Å²) >= 11 is 0. The zero-order valence-electron chi connectivity index (χ0n) is 11.9. The normalized spacial score (nSPS) is 24.2. The molecule has 0 spiro atoms. The lowest BCUT2D eigenvalue weighted by atomic mass is 10.0. The SMILES string of the molecule is CNC(C)(C)C(=O)N1CCOCC1C(=O)NC1CC1. The molecule has 6 nitrogen and oxygen atoms in total. The van der Waals surface area contributed by atoms with E-state index in [0.29, 0.717) is 19.2 Å². The zero-order chi connectivity index (χ0) is 14.0. The van der Waals surface area contributed by atoms with Crippen molar-refractivity contribution in [3.63, 3.8) is 0 Å². The summed E-state index contributed by atoms with van der Waals surface area (Å²) in [6.45, 7) is 4.87. The summed E-state index contributed by atoms with van der Waals surface area (Å²) in [7, 11) is 1.75. The summed E-state index contributed by atoms with van der Waals surface area (Å²) in [5, 5.41) is 5.93. The van der Waals surface area contributed by atoms with E-state index >= 15 is 0 Å². The highest BCUT2D eigenvalue weighted by Gasteiger charge is 2.40. The Balaban J connectivity index is 2.06. The van der Waals surface area contributed by atoms with Crippen LogP contribution in [0.15, 0.2) is 0 Å². The molecule has 0 aromatic rings. The molecule has 0 aromatic heterocycles. The molecule has 19 heavy (non-hydrogen) atoms. The molecule has 1 saturated carbocycles. The minimum absolute atomic E-state index is 0.0609. The van der Waals surface area contributed by atoms with Gasteiger partial charge in [-0.15, -0.1) is 0 Å². The molecule has 1 aliphatic carbocycles. The van der Waals surface area contributed by atoms with E-state index in [-0.39, 0.29) is 18.4 Å². The Kier molecular flexibility index (Phi) is 4.10. The van der Waals surface area contributed by atoms with Gasteiger partial charge in [-0.05, 0) is 33.7 Å². The Bertz CT molecular complexity index is 366. The fraction of sp³-hybridized carbons (Fsp3) is 0.846. The first kappa shape index (κ1) is 14.3. The van der Waals surface area contributed by atoms with Crippen molar-refractivity contribution in [2.24, 2.45) is 0 Å². The van der Waals surface area contributed by atoms with Gasteiger partial charge in [-0.1, -0.05) is 0 Å². The van der Waals surface area contributed by atoms with Crippen LogP contribution in [-0.4, -0.2) is 61.1 Å². The number of ether oxygens (including phenoxy) is 1. The molecule has 0 aromatic carbocycles. The number of likely N-dealkylation sites (N-methyl/N-ethyl adjacent to an activating group) is 1. The Labute approximate surface area is 113 Å². The van der Waals surface area contributed by atoms with Crippen molar-refractivity contribution in [2.45, 2.75) is 44.3 Å². The molecule has 1 heterocycles. The van der Waals surface area contributed by atoms with Crippen molar-refractivity contribution in [1.29, 1.82) is 0 Å². The fourth-order valence-electron chi connectivity index (χ4n) is 2.05. The molecule has 1 aliphatic heterocycles. The molecule has 1 unspecified atom stereocenters. The number of carbonyl (C=O) groups excluding carboxylic acids is 2. The third kappa shape index (κ3) is 3.25. The van der Waals surface area contributed by atoms with Crippen LogP contribution in [0, 0.1) is 0 Å². The summed E-state index contributed by atoms with van der Waals surface area (Å²) in [5.41, 5.74) is -0.671. The largest absolute Gasteiger partial charge is 0.377 e. The smallest absolute Gasteiger partial charge is 0.245 e. The van der Waals surface area contributed by atoms with Crippen LogP contribution in [0.3, 0.4) is 0 Å². The van der Waals surface area contributed by atoms with E-state index < -0.39 is 11.6 Å². The lowest BCUT2D eigenvalue weighted by Crippen LogP contribution is -2.62. The van der Waals surface area contributed by atoms with Gasteiger partial charge in [-0.2, -0.15) is 0 Å². The summed E-state index contributed by atoms with van der Waals surface area (Å²) < 4.78 is 5.36. The summed E-state index contributed by atoms with van der Waals surface area (Å²) in [6, 6.07) is -0.210. The van der Waals surface area contributed by atoms with Crippen LogP contribution in [0.1, 0.15) is 26.7 Å². The van der Waals surface area contributed by atoms with Crippen molar-refractivity contribution in [3.05, 3.63) is 0 Å². The average Bonchev–Trinajstić information content (AvgIpc) is 3.21. The van der Waals surface area contributed by atoms with Gasteiger partial charge in [0.2, 0.25) is 11.8 Å². The molecule has 0 bridgehead atoms. The number of hydrogen-bond donors (Lipinski definition) is 2. The third-order valence-corrected chi connectivity index (χ3v) is 3.78. The number of nitrogens with zero attached hydrogens (tertiary/aromatic N) is 1. The van der Waals surface area contributed by atoms with E-state index in [1.807, 2.05) is 13.8 Å². The average molecular weight is 269 g/mol. The molecule has 2 N–H and O–H groups in total. The molecular weight excluding hydrogens is 246 g/mol. The Morgan fingerprint density at radius 3 is 2.58 bits per heavy atom. The number of nitrogens with one attached hydrogen (secondary N) is 2. The van der Waals surface area contributed by atoms with Crippen LogP contribution in [0.2, 0.25) is 0 Å². The van der Waals surface area contributed by atoms with Crippen LogP contribution in [0.5, 0.6) is 0 Å². The molecule has 108 valence electrons. The second-order valence-electron chi connectivity index (χ2n) is 5.75. The Morgan fingerprint density at radius 2 is 2.00 bits per heavy atom. The summed E-state index contributed by atoms with van der Waals surface area (Å²) in [5.74, 6) is -0.156. The molecule has 1 atom stereocenters. The Morgan fingerprint density at radius 1 is 1.32 bits per heavy atom. The quantitative estimate of drug-likeness (QED) is 0.721. The standard InChI is InChI=1S/C13H23N3O3/c1-13(2,14-3)12(18)16-6-7-19-8-10(16)11(17)15-9-4-5-9/h9-10,14H,4-8H2,1-3H3,(H,15,17). The molecule has 0 radical (unpaired) electrons. The molecule has 6 heteroatoms. The lowest BCUT2D eigenvalue weighted by Gasteiger charge is -2.39. The van der Waals surface area contributed by atoms with E-state index in [1.165, 1.54) is 0 Å². The second kappa shape index (κ2) is 5.46. The molecule has 2 aliphatic rings. The van der Waals surface area contributed by atoms with Gasteiger partial charge in [0.15, 0.2) is 0 Å². The van der Waals surface area contributed by atoms with Gasteiger partial charge in [-0.25, -0.2) is 0 Å². The zero-order valence-corrected chi connectivity index (χ0v) is 11.9. The van der Waals surface area contributed by atoms with Crippen LogP contribution in [-0.2, 0) is 14.3 Å². The maximum Gasteiger partial charge on any atom is 0.245 e. The van der Waals surface area contributed by atoms with Crippen molar-refractivity contribution in [2.75, 3.05) is 26.8 Å². The topological polar surface area (TPSA) is 70.7 Å². The molecular formula is C13H23N3O3. The summed E-state index contributed by atoms with van der Waals surface area (Å²) in [4.78, 5) is 26.3. The molecule has 2 fully saturated rings. The van der Waals surface area contributed by atoms with E-state index in [1.54, 1.807) is 11.9 Å². The van der Waals surface area contributed by atoms with E-state index in [2.05, 4.69) is 10.6 Å². The number of morpholine rings is 1. The minimum Gasteiger partial charge on any atom is -0.377 e. The van der Waals surface area contributed by atoms with Crippen LogP contribution in [0.4, 0.5) is 0 Å². The van der Waals surface area contributed by atoms with E-state index in [9.17, 15) is 9.59 Å². The predicted molar refractivity (Wildman–Crippen MR) is 70.6 cm³/mol. The minimum atomic E-state index is -0.671. The van der Waals surface area contributed by atoms with E-state index in [4.69, 9.17) is 4.74 Å². The number of carbonyl (C=O) groups is 2. The maximum atomic E-state index is 12.5. The van der Waals surface area contributed by atoms with Crippen molar-refractivity contribution < 1.29 is 14.3 Å². The van der Waals surface area contributed by atoms with Crippen molar-refractivity contribution in [1.82, 2.24) is 15.5 Å². The lowest BCUT2D eigenvalue weighted by molar-refractivity contribution is -0.152. The molecule has 2 amide bonds. The van der Waals surface area contributed by atoms with Crippen LogP contribution < -0.4 is 10.6 Å². The highest BCUT2D eigenvalue weighted by molar-refractivity contribution is 5.92. The van der Waals surface area contributed by atoms with Gasteiger partial charge in [0.25, 0.3) is 0 Å². The number of rotatable bonds is 4. The molecule has 1 saturated heterocycles. The van der Waals surface area contributed by atoms with Gasteiger partial charge in [-0.3, -0.25) is 9.59 Å². The van der Waals surface area contributed by atoms with Crippen LogP contribution in [0.25, 0.3) is 0 Å². The van der Waals surface area contributed by atoms with Gasteiger partial charge < -0.3 is 20.3 Å². The van der Waals surface area contributed by atoms with Crippen LogP contribution >= 0.6 is 0 Å². The van der Waals surface area contributed by atoms with Gasteiger partial charge in [0, 0.05) is 12.6 Å². The third-order valence-electron chi connectivity index (χ3n) is 3.78. The highest BCUT2D eigenvalue weighted by atomic mass is 16.5. The first-order valence-corrected chi connectivity index (χ1v) is 6.84. The van der Waals surface area contributed by atoms with Crippen molar-refractivity contribution >= 4 is 11.8 Å². The first-order valence-electron chi connectivity index (χ1n) is 6.84. The summed E-state index contributed by atoms with van der Waals surface area (Å²) in [6.07, 6.45) is 2.07. The highest BCUT2D eigenvalue weighted by Crippen LogP contribution is 2.20. The monoisotopic (exact) mass is 269 g/mol. The second-order valence-corrected chi connectivity index (χ2v) is 5.75. The Hall–Kier alpha value is -1.14. The van der Waals surface area contributed by atoms with E-state index in [0.717, 1.165) is 12.8 Å². The predicted octanol–water partition coefficient (Wildman–Crippen LogP) is -0.510. The first-order chi connectivity index (χ1) is 8.95. The van der Waals surface area contributed by atoms with Gasteiger partial charge >= 0.3 is 0 Å². The van der Waals surface area contributed by atoms with Crippen molar-refractivity contribution in [3.8, 4) is 0 Å². The number of hydrogen-bond acceptors (Lipinski definition) is 4. The molecule has 2 rings (SSSR count). The van der Waals surface area contributed by atoms with Gasteiger partial charge in [0.05, 0.1) is 18.8 Å². The maximum absolute atomic E-state index is 12.5. The fourth-order valence-corrected chi connectivity index (χ4v) is 2.05. The number of amides is 2.